The van der Waals surface area contributed by atoms with Gasteiger partial charge in [-0.1, -0.05) is 23.7 Å². The number of ether oxygens (including phenoxy) is 1. The van der Waals surface area contributed by atoms with E-state index in [9.17, 15) is 0 Å². The van der Waals surface area contributed by atoms with Crippen LogP contribution in [0.2, 0.25) is 5.02 Å². The number of hydrogen-bond donors (Lipinski definition) is 1. The minimum Gasteiger partial charge on any atom is -0.458 e. The van der Waals surface area contributed by atoms with E-state index < -0.39 is 0 Å². The molecule has 0 aliphatic rings. The number of fused-ring (bicyclic) bond motifs is 1. The lowest BCUT2D eigenvalue weighted by atomic mass is 10.1. The van der Waals surface area contributed by atoms with E-state index in [1.165, 1.54) is 0 Å². The third-order valence-corrected chi connectivity index (χ3v) is 3.02. The number of nitrogens with two attached hydrogens (primary N) is 1. The fourth-order valence-corrected chi connectivity index (χ4v) is 1.81. The van der Waals surface area contributed by atoms with Gasteiger partial charge in [0.25, 0.3) is 0 Å². The molecule has 0 saturated heterocycles. The van der Waals surface area contributed by atoms with Crippen molar-refractivity contribution < 1.29 is 9.15 Å². The molecule has 0 aliphatic carbocycles. The van der Waals surface area contributed by atoms with Gasteiger partial charge in [-0.2, -0.15) is 0 Å². The summed E-state index contributed by atoms with van der Waals surface area (Å²) in [6.07, 6.45) is -0.0978. The van der Waals surface area contributed by atoms with Crippen molar-refractivity contribution in [3.63, 3.8) is 0 Å². The highest BCUT2D eigenvalue weighted by atomic mass is 35.5. The van der Waals surface area contributed by atoms with Crippen molar-refractivity contribution in [1.29, 1.82) is 0 Å². The van der Waals surface area contributed by atoms with Gasteiger partial charge in [0, 0.05) is 12.5 Å². The van der Waals surface area contributed by atoms with Crippen LogP contribution >= 0.6 is 11.6 Å². The Hall–Kier alpha value is -1.03. The fourth-order valence-electron chi connectivity index (χ4n) is 1.59. The molecule has 0 saturated carbocycles. The molecule has 2 N–H and O–H groups in total. The van der Waals surface area contributed by atoms with Crippen molar-refractivity contribution in [1.82, 2.24) is 0 Å². The highest BCUT2D eigenvalue weighted by Crippen LogP contribution is 2.29. The van der Waals surface area contributed by atoms with Crippen LogP contribution in [0.1, 0.15) is 18.7 Å². The first-order valence-electron chi connectivity index (χ1n) is 5.10. The van der Waals surface area contributed by atoms with E-state index in [1.807, 2.05) is 25.1 Å². The molecule has 1 aromatic heterocycles. The molecule has 0 amide bonds. The molecule has 0 radical (unpaired) electrons. The third kappa shape index (κ3) is 1.94. The van der Waals surface area contributed by atoms with Crippen molar-refractivity contribution in [3.05, 3.63) is 35.0 Å². The van der Waals surface area contributed by atoms with E-state index in [1.54, 1.807) is 13.2 Å². The summed E-state index contributed by atoms with van der Waals surface area (Å²) in [4.78, 5) is 0. The first kappa shape index (κ1) is 11.5. The zero-order valence-electron chi connectivity index (χ0n) is 9.24. The van der Waals surface area contributed by atoms with Gasteiger partial charge in [-0.15, -0.1) is 0 Å². The number of methoxy groups -OCH3 is 1. The molecular weight excluding hydrogens is 226 g/mol. The molecule has 86 valence electrons. The molecule has 2 atom stereocenters. The molecule has 16 heavy (non-hydrogen) atoms. The second kappa shape index (κ2) is 4.45. The van der Waals surface area contributed by atoms with Crippen LogP contribution in [-0.4, -0.2) is 13.2 Å². The second-order valence-electron chi connectivity index (χ2n) is 3.77. The van der Waals surface area contributed by atoms with Gasteiger partial charge in [-0.05, 0) is 19.1 Å². The molecule has 3 nitrogen and oxygen atoms in total. The Bertz CT molecular complexity index is 495. The quantitative estimate of drug-likeness (QED) is 0.895. The number of rotatable bonds is 3. The molecule has 4 heteroatoms. The summed E-state index contributed by atoms with van der Waals surface area (Å²) in [5.74, 6) is 0.692. The molecule has 2 rings (SSSR count). The number of para-hydroxylation sites is 1. The standard InChI is InChI=1S/C12H14ClNO2/c1-7(15-2)11(14)10-6-8-4-3-5-9(13)12(8)16-10/h3-7,11H,14H2,1-2H3. The Labute approximate surface area is 99.1 Å². The summed E-state index contributed by atoms with van der Waals surface area (Å²) >= 11 is 6.02. The van der Waals surface area contributed by atoms with Crippen LogP contribution in [0.15, 0.2) is 28.7 Å². The summed E-state index contributed by atoms with van der Waals surface area (Å²) in [6.45, 7) is 1.90. The Kier molecular flexibility index (Phi) is 3.19. The average molecular weight is 240 g/mol. The van der Waals surface area contributed by atoms with Crippen LogP contribution in [0.5, 0.6) is 0 Å². The topological polar surface area (TPSA) is 48.4 Å². The molecule has 1 aromatic carbocycles. The SMILES string of the molecule is COC(C)C(N)c1cc2cccc(Cl)c2o1. The summed E-state index contributed by atoms with van der Waals surface area (Å²) in [5.41, 5.74) is 6.68. The Morgan fingerprint density at radius 1 is 1.44 bits per heavy atom. The van der Waals surface area contributed by atoms with Crippen LogP contribution in [0, 0.1) is 0 Å². The Morgan fingerprint density at radius 2 is 2.19 bits per heavy atom. The maximum absolute atomic E-state index is 6.02. The molecule has 0 aliphatic heterocycles. The largest absolute Gasteiger partial charge is 0.458 e. The maximum Gasteiger partial charge on any atom is 0.152 e. The van der Waals surface area contributed by atoms with Crippen molar-refractivity contribution in [2.24, 2.45) is 5.73 Å². The lowest BCUT2D eigenvalue weighted by molar-refractivity contribution is 0.0895. The highest BCUT2D eigenvalue weighted by Gasteiger charge is 2.19. The monoisotopic (exact) mass is 239 g/mol. The third-order valence-electron chi connectivity index (χ3n) is 2.72. The van der Waals surface area contributed by atoms with Gasteiger partial charge in [0.15, 0.2) is 5.58 Å². The normalized spacial score (nSPS) is 15.2. The number of halogens is 1. The molecular formula is C12H14ClNO2. The number of benzene rings is 1. The fraction of sp³-hybridized carbons (Fsp3) is 0.333. The van der Waals surface area contributed by atoms with Gasteiger partial charge in [0.1, 0.15) is 5.76 Å². The summed E-state index contributed by atoms with van der Waals surface area (Å²) < 4.78 is 10.8. The van der Waals surface area contributed by atoms with Crippen molar-refractivity contribution in [2.75, 3.05) is 7.11 Å². The van der Waals surface area contributed by atoms with Crippen molar-refractivity contribution in [3.8, 4) is 0 Å². The lowest BCUT2D eigenvalue weighted by Crippen LogP contribution is -2.24. The lowest BCUT2D eigenvalue weighted by Gasteiger charge is -2.15. The van der Waals surface area contributed by atoms with Crippen LogP contribution < -0.4 is 5.73 Å². The van der Waals surface area contributed by atoms with Crippen molar-refractivity contribution >= 4 is 22.6 Å². The molecule has 2 aromatic rings. The van der Waals surface area contributed by atoms with Crippen LogP contribution in [-0.2, 0) is 4.74 Å². The van der Waals surface area contributed by atoms with Gasteiger partial charge in [-0.3, -0.25) is 0 Å². The number of furan rings is 1. The molecule has 1 heterocycles. The average Bonchev–Trinajstić information content (AvgIpc) is 2.72. The van der Waals surface area contributed by atoms with Crippen LogP contribution in [0.25, 0.3) is 11.0 Å². The van der Waals surface area contributed by atoms with Gasteiger partial charge in [0.2, 0.25) is 0 Å². The van der Waals surface area contributed by atoms with Crippen molar-refractivity contribution in [2.45, 2.75) is 19.1 Å². The Morgan fingerprint density at radius 3 is 2.81 bits per heavy atom. The van der Waals surface area contributed by atoms with Crippen LogP contribution in [0.3, 0.4) is 0 Å². The Balaban J connectivity index is 2.43. The minimum absolute atomic E-state index is 0.0978. The first-order valence-corrected chi connectivity index (χ1v) is 5.47. The summed E-state index contributed by atoms with van der Waals surface area (Å²) in [5, 5.41) is 1.56. The summed E-state index contributed by atoms with van der Waals surface area (Å²) in [7, 11) is 1.63. The zero-order valence-corrected chi connectivity index (χ0v) is 9.99. The molecule has 2 unspecified atom stereocenters. The van der Waals surface area contributed by atoms with E-state index in [4.69, 9.17) is 26.5 Å². The second-order valence-corrected chi connectivity index (χ2v) is 4.18. The minimum atomic E-state index is -0.284. The van der Waals surface area contributed by atoms with Crippen LogP contribution in [0.4, 0.5) is 0 Å². The highest BCUT2D eigenvalue weighted by molar-refractivity contribution is 6.34. The molecule has 0 fully saturated rings. The molecule has 0 bridgehead atoms. The van der Waals surface area contributed by atoms with E-state index >= 15 is 0 Å². The van der Waals surface area contributed by atoms with E-state index in [0.29, 0.717) is 16.4 Å². The smallest absolute Gasteiger partial charge is 0.152 e. The first-order chi connectivity index (χ1) is 7.63. The predicted octanol–water partition coefficient (Wildman–Crippen LogP) is 3.12. The van der Waals surface area contributed by atoms with Gasteiger partial charge < -0.3 is 14.9 Å². The van der Waals surface area contributed by atoms with Gasteiger partial charge >= 0.3 is 0 Å². The zero-order chi connectivity index (χ0) is 11.7. The predicted molar refractivity (Wildman–Crippen MR) is 64.6 cm³/mol. The maximum atomic E-state index is 6.02. The number of hydrogen-bond acceptors (Lipinski definition) is 3. The van der Waals surface area contributed by atoms with E-state index in [2.05, 4.69) is 0 Å². The molecule has 0 spiro atoms. The van der Waals surface area contributed by atoms with Gasteiger partial charge in [0.05, 0.1) is 17.2 Å². The van der Waals surface area contributed by atoms with Gasteiger partial charge in [-0.25, -0.2) is 0 Å². The van der Waals surface area contributed by atoms with E-state index in [0.717, 1.165) is 5.39 Å². The van der Waals surface area contributed by atoms with E-state index in [-0.39, 0.29) is 12.1 Å². The summed E-state index contributed by atoms with van der Waals surface area (Å²) in [6, 6.07) is 7.24.